The Morgan fingerprint density at radius 2 is 2.25 bits per heavy atom. The molecule has 1 unspecified atom stereocenters. The third kappa shape index (κ3) is 2.66. The van der Waals surface area contributed by atoms with Gasteiger partial charge in [-0.2, -0.15) is 0 Å². The van der Waals surface area contributed by atoms with Crippen LogP contribution in [-0.4, -0.2) is 35.6 Å². The van der Waals surface area contributed by atoms with Crippen LogP contribution in [0.5, 0.6) is 0 Å². The Balaban J connectivity index is 1.71. The van der Waals surface area contributed by atoms with E-state index in [4.69, 9.17) is 4.74 Å². The zero-order valence-corrected chi connectivity index (χ0v) is 14.4. The number of hydrogen-bond donors (Lipinski definition) is 0. The molecule has 1 aromatic heterocycles. The van der Waals surface area contributed by atoms with Crippen molar-refractivity contribution >= 4 is 10.9 Å². The number of nitrogens with zero attached hydrogens (tertiary/aromatic N) is 2. The van der Waals surface area contributed by atoms with Crippen molar-refractivity contribution < 1.29 is 4.74 Å². The largest absolute Gasteiger partial charge is 0.372 e. The number of benzene rings is 1. The fraction of sp³-hybridized carbons (Fsp3) is 0.476. The number of aromatic nitrogens is 1. The number of pyridine rings is 1. The lowest BCUT2D eigenvalue weighted by Gasteiger charge is -2.51. The molecule has 4 heterocycles. The summed E-state index contributed by atoms with van der Waals surface area (Å²) in [4.78, 5) is 7.15. The van der Waals surface area contributed by atoms with Crippen molar-refractivity contribution in [1.29, 1.82) is 0 Å². The Hall–Kier alpha value is -1.71. The van der Waals surface area contributed by atoms with Crippen LogP contribution in [-0.2, 0) is 4.74 Å². The number of ether oxygens (including phenoxy) is 1. The summed E-state index contributed by atoms with van der Waals surface area (Å²) in [6, 6.07) is 11.0. The molecule has 3 aliphatic rings. The lowest BCUT2D eigenvalue weighted by molar-refractivity contribution is -0.0719. The van der Waals surface area contributed by atoms with Crippen molar-refractivity contribution in [3.05, 3.63) is 54.7 Å². The number of fused-ring (bicyclic) bond motifs is 4. The maximum absolute atomic E-state index is 6.30. The minimum Gasteiger partial charge on any atom is -0.372 e. The molecule has 0 amide bonds. The molecule has 0 radical (unpaired) electrons. The molecule has 1 aromatic carbocycles. The Morgan fingerprint density at radius 1 is 1.38 bits per heavy atom. The lowest BCUT2D eigenvalue weighted by atomic mass is 9.73. The maximum atomic E-state index is 6.30. The molecule has 5 rings (SSSR count). The van der Waals surface area contributed by atoms with E-state index in [0.29, 0.717) is 12.0 Å². The molecule has 3 saturated heterocycles. The van der Waals surface area contributed by atoms with Crippen molar-refractivity contribution in [2.45, 2.75) is 31.9 Å². The SMILES string of the molecule is C=C[C@H]1CN2CC[C@H]1C[C@@H]2[C@H](OCC)c1ccnc2ccccc12. The number of piperidine rings is 3. The van der Waals surface area contributed by atoms with Crippen LogP contribution in [0.15, 0.2) is 49.2 Å². The van der Waals surface area contributed by atoms with E-state index in [1.165, 1.54) is 30.3 Å². The van der Waals surface area contributed by atoms with Crippen LogP contribution in [0.3, 0.4) is 0 Å². The minimum atomic E-state index is 0.122. The van der Waals surface area contributed by atoms with Gasteiger partial charge in [0.05, 0.1) is 11.6 Å². The summed E-state index contributed by atoms with van der Waals surface area (Å²) in [6.45, 7) is 9.19. The summed E-state index contributed by atoms with van der Waals surface area (Å²) in [6.07, 6.45) is 6.70. The van der Waals surface area contributed by atoms with Crippen LogP contribution in [0.25, 0.3) is 10.9 Å². The summed E-state index contributed by atoms with van der Waals surface area (Å²) < 4.78 is 6.30. The molecule has 0 aliphatic carbocycles. The van der Waals surface area contributed by atoms with E-state index in [0.717, 1.165) is 24.6 Å². The Morgan fingerprint density at radius 3 is 3.00 bits per heavy atom. The first-order chi connectivity index (χ1) is 11.8. The van der Waals surface area contributed by atoms with Gasteiger partial charge in [-0.3, -0.25) is 9.88 Å². The van der Waals surface area contributed by atoms with Gasteiger partial charge >= 0.3 is 0 Å². The molecule has 3 nitrogen and oxygen atoms in total. The Labute approximate surface area is 144 Å². The van der Waals surface area contributed by atoms with Crippen molar-refractivity contribution in [1.82, 2.24) is 9.88 Å². The van der Waals surface area contributed by atoms with Gasteiger partial charge in [0.25, 0.3) is 0 Å². The molecule has 0 N–H and O–H groups in total. The van der Waals surface area contributed by atoms with E-state index in [2.05, 4.69) is 59.8 Å². The number of para-hydroxylation sites is 1. The average Bonchev–Trinajstić information content (AvgIpc) is 2.66. The highest BCUT2D eigenvalue weighted by Gasteiger charge is 2.43. The minimum absolute atomic E-state index is 0.122. The van der Waals surface area contributed by atoms with Gasteiger partial charge in [-0.15, -0.1) is 6.58 Å². The van der Waals surface area contributed by atoms with E-state index in [1.807, 2.05) is 6.20 Å². The van der Waals surface area contributed by atoms with Crippen LogP contribution >= 0.6 is 0 Å². The molecule has 0 spiro atoms. The van der Waals surface area contributed by atoms with Gasteiger partial charge in [0.2, 0.25) is 0 Å². The van der Waals surface area contributed by atoms with Crippen molar-refractivity contribution in [3.8, 4) is 0 Å². The van der Waals surface area contributed by atoms with Crippen LogP contribution in [0.4, 0.5) is 0 Å². The molecule has 126 valence electrons. The summed E-state index contributed by atoms with van der Waals surface area (Å²) in [5, 5.41) is 1.22. The highest BCUT2D eigenvalue weighted by Crippen LogP contribution is 2.43. The summed E-state index contributed by atoms with van der Waals surface area (Å²) >= 11 is 0. The van der Waals surface area contributed by atoms with E-state index >= 15 is 0 Å². The van der Waals surface area contributed by atoms with Gasteiger partial charge in [0, 0.05) is 30.8 Å². The van der Waals surface area contributed by atoms with Crippen LogP contribution in [0.1, 0.15) is 31.4 Å². The van der Waals surface area contributed by atoms with E-state index in [-0.39, 0.29) is 6.10 Å². The first-order valence-corrected chi connectivity index (χ1v) is 9.13. The van der Waals surface area contributed by atoms with Crippen molar-refractivity contribution in [2.24, 2.45) is 11.8 Å². The topological polar surface area (TPSA) is 25.4 Å². The maximum Gasteiger partial charge on any atom is 0.0987 e. The summed E-state index contributed by atoms with van der Waals surface area (Å²) in [5.41, 5.74) is 2.34. The predicted molar refractivity (Wildman–Crippen MR) is 97.9 cm³/mol. The smallest absolute Gasteiger partial charge is 0.0987 e. The zero-order valence-electron chi connectivity index (χ0n) is 14.4. The monoisotopic (exact) mass is 322 g/mol. The number of hydrogen-bond acceptors (Lipinski definition) is 3. The Kier molecular flexibility index (Phi) is 4.38. The van der Waals surface area contributed by atoms with Gasteiger partial charge in [-0.25, -0.2) is 0 Å². The molecule has 24 heavy (non-hydrogen) atoms. The van der Waals surface area contributed by atoms with Gasteiger partial charge in [0.15, 0.2) is 0 Å². The van der Waals surface area contributed by atoms with Gasteiger partial charge in [-0.05, 0) is 55.8 Å². The van der Waals surface area contributed by atoms with Crippen molar-refractivity contribution in [3.63, 3.8) is 0 Å². The van der Waals surface area contributed by atoms with E-state index in [1.54, 1.807) is 0 Å². The quantitative estimate of drug-likeness (QED) is 0.771. The zero-order chi connectivity index (χ0) is 16.5. The third-order valence-corrected chi connectivity index (χ3v) is 5.84. The second kappa shape index (κ2) is 6.66. The first-order valence-electron chi connectivity index (χ1n) is 9.13. The molecule has 5 atom stereocenters. The van der Waals surface area contributed by atoms with Crippen LogP contribution in [0, 0.1) is 11.8 Å². The summed E-state index contributed by atoms with van der Waals surface area (Å²) in [5.74, 6) is 1.40. The van der Waals surface area contributed by atoms with Gasteiger partial charge in [0.1, 0.15) is 0 Å². The first kappa shape index (κ1) is 15.8. The number of rotatable bonds is 5. The molecular formula is C21H26N2O. The van der Waals surface area contributed by atoms with E-state index in [9.17, 15) is 0 Å². The third-order valence-electron chi connectivity index (χ3n) is 5.84. The highest BCUT2D eigenvalue weighted by molar-refractivity contribution is 5.82. The highest BCUT2D eigenvalue weighted by atomic mass is 16.5. The average molecular weight is 322 g/mol. The Bertz CT molecular complexity index is 723. The molecule has 3 aliphatic heterocycles. The summed E-state index contributed by atoms with van der Waals surface area (Å²) in [7, 11) is 0. The second-order valence-electron chi connectivity index (χ2n) is 7.04. The van der Waals surface area contributed by atoms with Gasteiger partial charge < -0.3 is 4.74 Å². The van der Waals surface area contributed by atoms with E-state index < -0.39 is 0 Å². The normalized spacial score (nSPS) is 30.4. The standard InChI is InChI=1S/C21H26N2O/c1-3-15-14-23-12-10-16(15)13-20(23)21(24-4-2)18-9-11-22-19-8-6-5-7-17(18)19/h3,5-9,11,15-16,20-21H,1,4,10,12-14H2,2H3/t15-,16-,20+,21+/m0/s1. The fourth-order valence-electron chi connectivity index (χ4n) is 4.65. The second-order valence-corrected chi connectivity index (χ2v) is 7.04. The lowest BCUT2D eigenvalue weighted by Crippen LogP contribution is -2.55. The molecule has 2 aromatic rings. The van der Waals surface area contributed by atoms with Crippen LogP contribution in [0.2, 0.25) is 0 Å². The molecule has 0 saturated carbocycles. The molecule has 3 heteroatoms. The molecular weight excluding hydrogens is 296 g/mol. The predicted octanol–water partition coefficient (Wildman–Crippen LogP) is 4.21. The molecule has 2 bridgehead atoms. The fourth-order valence-corrected chi connectivity index (χ4v) is 4.65. The van der Waals surface area contributed by atoms with Gasteiger partial charge in [-0.1, -0.05) is 24.3 Å². The van der Waals surface area contributed by atoms with Crippen LogP contribution < -0.4 is 0 Å². The van der Waals surface area contributed by atoms with Crippen molar-refractivity contribution in [2.75, 3.05) is 19.7 Å². The molecule has 3 fully saturated rings.